The predicted octanol–water partition coefficient (Wildman–Crippen LogP) is 4.16. The van der Waals surface area contributed by atoms with Crippen LogP contribution in [0.5, 0.6) is 0 Å². The van der Waals surface area contributed by atoms with E-state index in [0.29, 0.717) is 55.6 Å². The molecular weight excluding hydrogens is 563 g/mol. The third-order valence-corrected chi connectivity index (χ3v) is 8.53. The van der Waals surface area contributed by atoms with Crippen LogP contribution in [-0.4, -0.2) is 61.4 Å². The number of hydrogen-bond donors (Lipinski definition) is 2. The molecule has 1 unspecified atom stereocenters. The third-order valence-electron chi connectivity index (χ3n) is 8.53. The second-order valence-corrected chi connectivity index (χ2v) is 11.6. The molecule has 0 radical (unpaired) electrons. The predicted molar refractivity (Wildman–Crippen MR) is 164 cm³/mol. The maximum absolute atomic E-state index is 14.4. The molecular formula is C33H37FN6O4. The molecule has 2 aromatic carbocycles. The maximum atomic E-state index is 14.4. The minimum Gasteiger partial charge on any atom is -0.388 e. The van der Waals surface area contributed by atoms with E-state index in [1.54, 1.807) is 4.57 Å². The van der Waals surface area contributed by atoms with Gasteiger partial charge in [0.2, 0.25) is 11.7 Å². The van der Waals surface area contributed by atoms with Gasteiger partial charge in [0.1, 0.15) is 19.1 Å². The van der Waals surface area contributed by atoms with Crippen LogP contribution in [-0.2, 0) is 22.4 Å². The quantitative estimate of drug-likeness (QED) is 0.267. The van der Waals surface area contributed by atoms with Gasteiger partial charge in [0.05, 0.1) is 30.5 Å². The molecule has 0 saturated heterocycles. The van der Waals surface area contributed by atoms with Crippen molar-refractivity contribution in [1.29, 1.82) is 0 Å². The Morgan fingerprint density at radius 1 is 1.09 bits per heavy atom. The van der Waals surface area contributed by atoms with Gasteiger partial charge in [-0.05, 0) is 54.9 Å². The van der Waals surface area contributed by atoms with E-state index in [4.69, 9.17) is 4.74 Å². The number of halogens is 1. The number of hydrogen-bond acceptors (Lipinski definition) is 7. The zero-order valence-electron chi connectivity index (χ0n) is 24.8. The molecule has 3 heterocycles. The van der Waals surface area contributed by atoms with Crippen molar-refractivity contribution in [3.63, 3.8) is 0 Å². The first-order valence-electron chi connectivity index (χ1n) is 15.3. The maximum Gasteiger partial charge on any atom is 0.259 e. The molecule has 4 aromatic rings. The number of hydrazone groups is 1. The van der Waals surface area contributed by atoms with Crippen molar-refractivity contribution in [3.8, 4) is 11.1 Å². The van der Waals surface area contributed by atoms with Crippen LogP contribution in [0.4, 0.5) is 4.39 Å². The van der Waals surface area contributed by atoms with Gasteiger partial charge in [0.15, 0.2) is 0 Å². The number of rotatable bonds is 11. The largest absolute Gasteiger partial charge is 0.388 e. The standard InChI is InChI=1S/C33H37FN6O4/c1-2-6-30-28(16-21-9-14-26(22-7-4-3-5-8-22)27(15-21)29-17-31(42)38-37-29)32(43)39(33-35-20-36-40(30)33)23-10-12-25(13-11-23)44-19-24(41)18-34/h3-5,7-9,14-15,20,23-25,41H,2,6,10-13,16-19H2,1H3,(H,38,42). The highest BCUT2D eigenvalue weighted by Crippen LogP contribution is 2.32. The molecule has 44 heavy (non-hydrogen) atoms. The van der Waals surface area contributed by atoms with Gasteiger partial charge in [0.25, 0.3) is 5.56 Å². The molecule has 2 N–H and O–H groups in total. The Morgan fingerprint density at radius 2 is 1.89 bits per heavy atom. The van der Waals surface area contributed by atoms with Gasteiger partial charge in [-0.15, -0.1) is 0 Å². The van der Waals surface area contributed by atoms with Crippen LogP contribution in [0.3, 0.4) is 0 Å². The summed E-state index contributed by atoms with van der Waals surface area (Å²) in [6.07, 6.45) is 5.17. The second-order valence-electron chi connectivity index (χ2n) is 11.6. The lowest BCUT2D eigenvalue weighted by Gasteiger charge is -2.31. The third kappa shape index (κ3) is 6.07. The summed E-state index contributed by atoms with van der Waals surface area (Å²) < 4.78 is 22.0. The van der Waals surface area contributed by atoms with E-state index in [1.165, 1.54) is 6.33 Å². The minimum atomic E-state index is -1.11. The van der Waals surface area contributed by atoms with Crippen LogP contribution >= 0.6 is 0 Å². The lowest BCUT2D eigenvalue weighted by molar-refractivity contribution is -0.119. The van der Waals surface area contributed by atoms with E-state index >= 15 is 0 Å². The number of aliphatic hydroxyl groups excluding tert-OH is 1. The van der Waals surface area contributed by atoms with E-state index < -0.39 is 12.8 Å². The van der Waals surface area contributed by atoms with Gasteiger partial charge in [-0.2, -0.15) is 15.2 Å². The van der Waals surface area contributed by atoms with E-state index in [-0.39, 0.29) is 36.6 Å². The average Bonchev–Trinajstić information content (AvgIpc) is 3.72. The zero-order valence-corrected chi connectivity index (χ0v) is 24.8. The highest BCUT2D eigenvalue weighted by molar-refractivity contribution is 6.16. The number of fused-ring (bicyclic) bond motifs is 1. The topological polar surface area (TPSA) is 123 Å². The lowest BCUT2D eigenvalue weighted by Crippen LogP contribution is -2.35. The number of carbonyl (C=O) groups excluding carboxylic acids is 1. The van der Waals surface area contributed by atoms with Crippen LogP contribution in [0.1, 0.15) is 73.9 Å². The van der Waals surface area contributed by atoms with Crippen molar-refractivity contribution in [2.45, 2.75) is 76.5 Å². The van der Waals surface area contributed by atoms with Crippen molar-refractivity contribution in [2.75, 3.05) is 13.3 Å². The Bertz CT molecular complexity index is 1730. The first-order chi connectivity index (χ1) is 21.5. The van der Waals surface area contributed by atoms with Gasteiger partial charge in [-0.3, -0.25) is 14.2 Å². The molecule has 1 fully saturated rings. The Morgan fingerprint density at radius 3 is 2.59 bits per heavy atom. The van der Waals surface area contributed by atoms with E-state index in [0.717, 1.165) is 34.4 Å². The molecule has 1 aliphatic carbocycles. The number of ether oxygens (including phenoxy) is 1. The molecule has 11 heteroatoms. The van der Waals surface area contributed by atoms with Gasteiger partial charge >= 0.3 is 0 Å². The molecule has 10 nitrogen and oxygen atoms in total. The van der Waals surface area contributed by atoms with Gasteiger partial charge in [-0.25, -0.2) is 14.3 Å². The number of benzene rings is 2. The normalized spacial score (nSPS) is 19.2. The van der Waals surface area contributed by atoms with E-state index in [2.05, 4.69) is 27.5 Å². The summed E-state index contributed by atoms with van der Waals surface area (Å²) in [6, 6.07) is 16.0. The molecule has 230 valence electrons. The molecule has 2 aliphatic rings. The lowest BCUT2D eigenvalue weighted by atomic mass is 9.91. The van der Waals surface area contributed by atoms with Gasteiger partial charge in [0, 0.05) is 23.6 Å². The summed E-state index contributed by atoms with van der Waals surface area (Å²) in [7, 11) is 0. The van der Waals surface area contributed by atoms with Crippen LogP contribution in [0, 0.1) is 0 Å². The van der Waals surface area contributed by atoms with Crippen molar-refractivity contribution < 1.29 is 19.0 Å². The first-order valence-corrected chi connectivity index (χ1v) is 15.3. The fraction of sp³-hybridized carbons (Fsp3) is 0.424. The van der Waals surface area contributed by atoms with E-state index in [1.807, 2.05) is 53.0 Å². The van der Waals surface area contributed by atoms with E-state index in [9.17, 15) is 19.1 Å². The fourth-order valence-electron chi connectivity index (χ4n) is 6.37. The number of amides is 1. The molecule has 1 amide bonds. The number of aliphatic hydroxyl groups is 1. The smallest absolute Gasteiger partial charge is 0.259 e. The monoisotopic (exact) mass is 600 g/mol. The zero-order chi connectivity index (χ0) is 30.6. The molecule has 2 aromatic heterocycles. The van der Waals surface area contributed by atoms with Crippen molar-refractivity contribution in [1.82, 2.24) is 24.6 Å². The fourth-order valence-corrected chi connectivity index (χ4v) is 6.37. The molecule has 0 spiro atoms. The summed E-state index contributed by atoms with van der Waals surface area (Å²) >= 11 is 0. The Hall–Kier alpha value is -4.22. The SMILES string of the molecule is CCCc1c(Cc2ccc(-c3ccccc3)c(C3=NNC(=O)C3)c2)c(=O)n(C2CCC(OCC(O)CF)CC2)c2ncnn12. The Kier molecular flexibility index (Phi) is 8.94. The molecule has 1 aliphatic heterocycles. The number of nitrogens with one attached hydrogen (secondary N) is 1. The number of carbonyl (C=O) groups is 1. The van der Waals surface area contributed by atoms with Crippen LogP contribution in [0.25, 0.3) is 16.9 Å². The van der Waals surface area contributed by atoms with Crippen LogP contribution in [0.15, 0.2) is 64.8 Å². The van der Waals surface area contributed by atoms with Crippen molar-refractivity contribution in [2.24, 2.45) is 5.10 Å². The number of aryl methyl sites for hydroxylation is 1. The first kappa shape index (κ1) is 29.8. The second kappa shape index (κ2) is 13.2. The Balaban J connectivity index is 1.37. The molecule has 1 atom stereocenters. The Labute approximate surface area is 254 Å². The van der Waals surface area contributed by atoms with Crippen molar-refractivity contribution in [3.05, 3.63) is 87.6 Å². The number of aromatic nitrogens is 4. The molecule has 6 rings (SSSR count). The molecule has 1 saturated carbocycles. The molecule has 0 bridgehead atoms. The summed E-state index contributed by atoms with van der Waals surface area (Å²) in [5, 5.41) is 18.4. The van der Waals surface area contributed by atoms with Crippen LogP contribution in [0.2, 0.25) is 0 Å². The average molecular weight is 601 g/mol. The summed E-state index contributed by atoms with van der Waals surface area (Å²) in [5.74, 6) is 0.386. The van der Waals surface area contributed by atoms with Crippen LogP contribution < -0.4 is 11.0 Å². The summed E-state index contributed by atoms with van der Waals surface area (Å²) in [4.78, 5) is 31.0. The number of nitrogens with zero attached hydrogens (tertiary/aromatic N) is 5. The van der Waals surface area contributed by atoms with Gasteiger partial charge < -0.3 is 9.84 Å². The van der Waals surface area contributed by atoms with Crippen molar-refractivity contribution >= 4 is 17.4 Å². The highest BCUT2D eigenvalue weighted by atomic mass is 19.1. The number of alkyl halides is 1. The highest BCUT2D eigenvalue weighted by Gasteiger charge is 2.29. The summed E-state index contributed by atoms with van der Waals surface area (Å²) in [6.45, 7) is 1.22. The minimum absolute atomic E-state index is 0.0300. The van der Waals surface area contributed by atoms with Gasteiger partial charge in [-0.1, -0.05) is 55.8 Å². The summed E-state index contributed by atoms with van der Waals surface area (Å²) in [5.41, 5.74) is 8.49.